The molecule has 1 aromatic heterocycles. The van der Waals surface area contributed by atoms with Gasteiger partial charge in [0.05, 0.1) is 5.69 Å². The van der Waals surface area contributed by atoms with Gasteiger partial charge >= 0.3 is 12.1 Å². The van der Waals surface area contributed by atoms with Crippen LogP contribution in [0.25, 0.3) is 0 Å². The van der Waals surface area contributed by atoms with E-state index in [4.69, 9.17) is 5.11 Å². The molecule has 2 rings (SSSR count). The van der Waals surface area contributed by atoms with Crippen molar-refractivity contribution in [3.05, 3.63) is 17.5 Å². The molecule has 0 radical (unpaired) electrons. The normalized spacial score (nSPS) is 22.1. The number of amides is 1. The molecule has 2 heterocycles. The fraction of sp³-hybridized carbons (Fsp3) is 0.615. The van der Waals surface area contributed by atoms with Gasteiger partial charge in [-0.05, 0) is 26.3 Å². The Labute approximate surface area is 124 Å². The molecule has 0 spiro atoms. The number of carboxylic acid groups (broad SMARTS) is 1. The van der Waals surface area contributed by atoms with E-state index in [-0.39, 0.29) is 13.1 Å². The van der Waals surface area contributed by atoms with Crippen LogP contribution in [-0.4, -0.2) is 50.9 Å². The van der Waals surface area contributed by atoms with Crippen molar-refractivity contribution in [2.24, 2.45) is 5.41 Å². The average molecular weight is 319 g/mol. The molecule has 22 heavy (non-hydrogen) atoms. The Kier molecular flexibility index (Phi) is 3.92. The zero-order valence-corrected chi connectivity index (χ0v) is 12.1. The largest absolute Gasteiger partial charge is 0.481 e. The molecule has 1 saturated heterocycles. The van der Waals surface area contributed by atoms with Crippen LogP contribution in [0, 0.1) is 19.3 Å². The molecule has 1 aromatic rings. The molecule has 0 unspecified atom stereocenters. The Bertz CT molecular complexity index is 611. The smallest absolute Gasteiger partial charge is 0.406 e. The van der Waals surface area contributed by atoms with Crippen LogP contribution in [0.3, 0.4) is 0 Å². The predicted molar refractivity (Wildman–Crippen MR) is 69.0 cm³/mol. The number of carboxylic acids is 1. The minimum Gasteiger partial charge on any atom is -0.481 e. The third-order valence-electron chi connectivity index (χ3n) is 3.96. The van der Waals surface area contributed by atoms with E-state index in [1.165, 1.54) is 4.68 Å². The third-order valence-corrected chi connectivity index (χ3v) is 3.96. The second kappa shape index (κ2) is 5.29. The van der Waals surface area contributed by atoms with E-state index >= 15 is 0 Å². The highest BCUT2D eigenvalue weighted by atomic mass is 19.4. The van der Waals surface area contributed by atoms with E-state index in [1.807, 2.05) is 0 Å². The molecule has 1 amide bonds. The fourth-order valence-corrected chi connectivity index (χ4v) is 2.61. The van der Waals surface area contributed by atoms with E-state index in [0.717, 1.165) is 4.90 Å². The number of nitrogens with zero attached hydrogens (tertiary/aromatic N) is 3. The quantitative estimate of drug-likeness (QED) is 0.913. The first kappa shape index (κ1) is 16.3. The van der Waals surface area contributed by atoms with Crippen LogP contribution in [0.15, 0.2) is 6.07 Å². The summed E-state index contributed by atoms with van der Waals surface area (Å²) in [6, 6.07) is 1.74. The summed E-state index contributed by atoms with van der Waals surface area (Å²) in [6.45, 7) is 2.18. The number of halogens is 3. The number of aliphatic carboxylic acids is 1. The van der Waals surface area contributed by atoms with Gasteiger partial charge in [-0.2, -0.15) is 18.3 Å². The number of aryl methyl sites for hydroxylation is 2. The number of aromatic nitrogens is 2. The SMILES string of the molecule is Cc1cc(C)n(CC(=O)N2CC[C@](C(=O)O)(C(F)(F)F)C2)n1. The van der Waals surface area contributed by atoms with Gasteiger partial charge in [0.25, 0.3) is 0 Å². The van der Waals surface area contributed by atoms with Crippen molar-refractivity contribution < 1.29 is 27.9 Å². The maximum atomic E-state index is 13.1. The Balaban J connectivity index is 2.14. The molecular weight excluding hydrogens is 303 g/mol. The summed E-state index contributed by atoms with van der Waals surface area (Å²) in [7, 11) is 0. The first-order chi connectivity index (χ1) is 10.1. The Hall–Kier alpha value is -2.06. The Morgan fingerprint density at radius 1 is 1.41 bits per heavy atom. The molecule has 0 bridgehead atoms. The van der Waals surface area contributed by atoms with Gasteiger partial charge in [0, 0.05) is 18.8 Å². The average Bonchev–Trinajstić information content (AvgIpc) is 2.94. The lowest BCUT2D eigenvalue weighted by Gasteiger charge is -2.27. The number of rotatable bonds is 3. The van der Waals surface area contributed by atoms with Gasteiger partial charge in [0.2, 0.25) is 5.91 Å². The second-order valence-electron chi connectivity index (χ2n) is 5.54. The van der Waals surface area contributed by atoms with Crippen molar-refractivity contribution in [3.8, 4) is 0 Å². The summed E-state index contributed by atoms with van der Waals surface area (Å²) >= 11 is 0. The van der Waals surface area contributed by atoms with Gasteiger partial charge < -0.3 is 10.0 Å². The number of alkyl halides is 3. The molecular formula is C13H16F3N3O3. The molecule has 6 nitrogen and oxygen atoms in total. The molecule has 0 aromatic carbocycles. The topological polar surface area (TPSA) is 75.4 Å². The zero-order chi connectivity index (χ0) is 16.7. The van der Waals surface area contributed by atoms with Gasteiger partial charge in [-0.25, -0.2) is 0 Å². The summed E-state index contributed by atoms with van der Waals surface area (Å²) in [4.78, 5) is 24.1. The zero-order valence-electron chi connectivity index (χ0n) is 12.1. The van der Waals surface area contributed by atoms with Crippen LogP contribution < -0.4 is 0 Å². The van der Waals surface area contributed by atoms with E-state index < -0.39 is 36.4 Å². The van der Waals surface area contributed by atoms with E-state index in [0.29, 0.717) is 11.4 Å². The maximum absolute atomic E-state index is 13.1. The minimum absolute atomic E-state index is 0.201. The highest BCUT2D eigenvalue weighted by molar-refractivity contribution is 5.81. The monoisotopic (exact) mass is 319 g/mol. The van der Waals surface area contributed by atoms with Gasteiger partial charge in [-0.3, -0.25) is 14.3 Å². The molecule has 1 atom stereocenters. The first-order valence-electron chi connectivity index (χ1n) is 6.66. The molecule has 1 N–H and O–H groups in total. The molecule has 1 aliphatic rings. The van der Waals surface area contributed by atoms with Crippen molar-refractivity contribution in [1.29, 1.82) is 0 Å². The highest BCUT2D eigenvalue weighted by Gasteiger charge is 2.64. The van der Waals surface area contributed by atoms with E-state index in [9.17, 15) is 22.8 Å². The maximum Gasteiger partial charge on any atom is 0.406 e. The van der Waals surface area contributed by atoms with Crippen molar-refractivity contribution in [2.75, 3.05) is 13.1 Å². The van der Waals surface area contributed by atoms with Gasteiger partial charge in [-0.1, -0.05) is 0 Å². The molecule has 122 valence electrons. The van der Waals surface area contributed by atoms with Crippen molar-refractivity contribution in [2.45, 2.75) is 33.0 Å². The Morgan fingerprint density at radius 3 is 2.45 bits per heavy atom. The second-order valence-corrected chi connectivity index (χ2v) is 5.54. The molecule has 1 aliphatic heterocycles. The number of hydrogen-bond donors (Lipinski definition) is 1. The third kappa shape index (κ3) is 2.67. The predicted octanol–water partition coefficient (Wildman–Crippen LogP) is 1.37. The molecule has 0 aliphatic carbocycles. The van der Waals surface area contributed by atoms with Crippen molar-refractivity contribution in [3.63, 3.8) is 0 Å². The van der Waals surface area contributed by atoms with Crippen LogP contribution in [0.5, 0.6) is 0 Å². The van der Waals surface area contributed by atoms with Crippen LogP contribution >= 0.6 is 0 Å². The van der Waals surface area contributed by atoms with Crippen LogP contribution in [-0.2, 0) is 16.1 Å². The van der Waals surface area contributed by atoms with Crippen LogP contribution in [0.4, 0.5) is 13.2 Å². The first-order valence-corrected chi connectivity index (χ1v) is 6.66. The number of carbonyl (C=O) groups is 2. The lowest BCUT2D eigenvalue weighted by Crippen LogP contribution is -2.48. The van der Waals surface area contributed by atoms with Crippen molar-refractivity contribution in [1.82, 2.24) is 14.7 Å². The summed E-state index contributed by atoms with van der Waals surface area (Å²) in [6.07, 6.45) is -5.53. The lowest BCUT2D eigenvalue weighted by atomic mass is 9.86. The van der Waals surface area contributed by atoms with Crippen molar-refractivity contribution >= 4 is 11.9 Å². The summed E-state index contributed by atoms with van der Waals surface area (Å²) in [5, 5.41) is 13.0. The standard InChI is InChI=1S/C13H16F3N3O3/c1-8-5-9(2)19(17-8)6-10(20)18-4-3-12(7-18,11(21)22)13(14,15)16/h5H,3-4,6-7H2,1-2H3,(H,21,22)/t12-/m0/s1. The molecule has 9 heteroatoms. The lowest BCUT2D eigenvalue weighted by molar-refractivity contribution is -0.227. The highest BCUT2D eigenvalue weighted by Crippen LogP contribution is 2.45. The summed E-state index contributed by atoms with van der Waals surface area (Å²) in [5.41, 5.74) is -1.47. The fourth-order valence-electron chi connectivity index (χ4n) is 2.61. The van der Waals surface area contributed by atoms with Gasteiger partial charge in [0.1, 0.15) is 6.54 Å². The van der Waals surface area contributed by atoms with Crippen LogP contribution in [0.1, 0.15) is 17.8 Å². The molecule has 0 saturated carbocycles. The Morgan fingerprint density at radius 2 is 2.05 bits per heavy atom. The molecule has 1 fully saturated rings. The minimum atomic E-state index is -4.90. The van der Waals surface area contributed by atoms with E-state index in [1.54, 1.807) is 19.9 Å². The van der Waals surface area contributed by atoms with Crippen LogP contribution in [0.2, 0.25) is 0 Å². The number of carbonyl (C=O) groups excluding carboxylic acids is 1. The number of hydrogen-bond acceptors (Lipinski definition) is 3. The summed E-state index contributed by atoms with van der Waals surface area (Å²) < 4.78 is 40.6. The number of likely N-dealkylation sites (tertiary alicyclic amines) is 1. The summed E-state index contributed by atoms with van der Waals surface area (Å²) in [5.74, 6) is -2.51. The van der Waals surface area contributed by atoms with E-state index in [2.05, 4.69) is 5.10 Å². The van der Waals surface area contributed by atoms with Gasteiger partial charge in [0.15, 0.2) is 5.41 Å². The van der Waals surface area contributed by atoms with Gasteiger partial charge in [-0.15, -0.1) is 0 Å².